The largest absolute Gasteiger partial charge is 0.462 e. The van der Waals surface area contributed by atoms with Crippen LogP contribution in [-0.4, -0.2) is 96.0 Å². The molecule has 1 saturated heterocycles. The predicted octanol–water partition coefficient (Wildman–Crippen LogP) is 12.4. The van der Waals surface area contributed by atoms with Gasteiger partial charge in [-0.05, 0) is 12.8 Å². The predicted molar refractivity (Wildman–Crippen MR) is 261 cm³/mol. The third-order valence-corrected chi connectivity index (χ3v) is 13.7. The molecule has 0 bridgehead atoms. The normalized spacial score (nSPS) is 19.4. The minimum absolute atomic E-state index is 0.173. The Morgan fingerprint density at radius 2 is 0.785 bits per heavy atom. The summed E-state index contributed by atoms with van der Waals surface area (Å²) in [4.78, 5) is 25.5. The first kappa shape index (κ1) is 61.7. The van der Waals surface area contributed by atoms with Crippen LogP contribution in [0.5, 0.6) is 0 Å². The summed E-state index contributed by atoms with van der Waals surface area (Å²) >= 11 is 0. The number of unbranched alkanes of at least 4 members (excludes halogenated alkanes) is 35. The Bertz CT molecular complexity index is 1200. The monoisotopic (exact) mass is 949 g/mol. The minimum Gasteiger partial charge on any atom is -0.462 e. The highest BCUT2D eigenvalue weighted by Gasteiger charge is 2.46. The van der Waals surface area contributed by atoms with Crippen molar-refractivity contribution in [2.24, 2.45) is 0 Å². The first-order valence-corrected chi connectivity index (χ1v) is 28.7. The van der Waals surface area contributed by atoms with Gasteiger partial charge in [0.1, 0.15) is 36.8 Å². The van der Waals surface area contributed by atoms with Crippen molar-refractivity contribution < 1.29 is 56.8 Å². The van der Waals surface area contributed by atoms with Gasteiger partial charge in [-0.15, -0.1) is 0 Å². The van der Waals surface area contributed by atoms with Crippen molar-refractivity contribution in [3.8, 4) is 0 Å². The molecule has 0 saturated carbocycles. The number of carbonyl (C=O) groups is 2. The van der Waals surface area contributed by atoms with E-state index in [2.05, 4.69) is 13.8 Å². The standard InChI is InChI=1S/C52H100O12S/c1-3-5-7-9-11-13-15-17-19-20-21-22-23-24-25-26-27-29-31-33-35-37-39-41-48(54)63-45(43-62-52-51(57)50(56)49(55)46(64-52)44-65(58,59)60)42-61-47(53)40-38-36-34-32-30-28-18-16-14-12-10-8-6-4-2/h45-46,49-52,55-57H,3-44H2,1-2H3,(H,58,59,60)/t45-,46-,49-,50?,51?,52+/m1/s1. The van der Waals surface area contributed by atoms with Gasteiger partial charge in [0, 0.05) is 12.8 Å². The van der Waals surface area contributed by atoms with E-state index in [0.717, 1.165) is 38.5 Å². The Labute approximate surface area is 397 Å². The molecule has 0 aromatic heterocycles. The molecular formula is C52H100O12S. The Morgan fingerprint density at radius 3 is 1.12 bits per heavy atom. The zero-order valence-electron chi connectivity index (χ0n) is 41.6. The first-order chi connectivity index (χ1) is 31.5. The molecule has 0 spiro atoms. The van der Waals surface area contributed by atoms with E-state index in [1.807, 2.05) is 0 Å². The lowest BCUT2D eigenvalue weighted by molar-refractivity contribution is -0.297. The minimum atomic E-state index is -4.60. The van der Waals surface area contributed by atoms with Crippen molar-refractivity contribution in [3.05, 3.63) is 0 Å². The number of rotatable bonds is 47. The lowest BCUT2D eigenvalue weighted by atomic mass is 10.00. The molecule has 0 amide bonds. The van der Waals surface area contributed by atoms with Gasteiger partial charge in [0.05, 0.1) is 6.61 Å². The Kier molecular flexibility index (Phi) is 40.5. The van der Waals surface area contributed by atoms with E-state index in [9.17, 15) is 37.9 Å². The van der Waals surface area contributed by atoms with Gasteiger partial charge < -0.3 is 34.3 Å². The summed E-state index contributed by atoms with van der Waals surface area (Å²) in [7, 11) is -4.60. The van der Waals surface area contributed by atoms with Crippen LogP contribution >= 0.6 is 0 Å². The molecule has 6 atom stereocenters. The van der Waals surface area contributed by atoms with E-state index < -0.39 is 71.2 Å². The second-order valence-electron chi connectivity index (χ2n) is 19.3. The van der Waals surface area contributed by atoms with Crippen LogP contribution in [0.25, 0.3) is 0 Å². The van der Waals surface area contributed by atoms with Crippen LogP contribution in [0.4, 0.5) is 0 Å². The van der Waals surface area contributed by atoms with Crippen molar-refractivity contribution in [3.63, 3.8) is 0 Å². The number of aliphatic hydroxyl groups is 3. The van der Waals surface area contributed by atoms with E-state index in [1.165, 1.54) is 186 Å². The number of ether oxygens (including phenoxy) is 4. The zero-order chi connectivity index (χ0) is 47.6. The lowest BCUT2D eigenvalue weighted by Crippen LogP contribution is -2.60. The Balaban J connectivity index is 2.30. The third kappa shape index (κ3) is 37.3. The maximum absolute atomic E-state index is 12.9. The molecule has 1 aliphatic heterocycles. The highest BCUT2D eigenvalue weighted by atomic mass is 32.2. The second-order valence-corrected chi connectivity index (χ2v) is 20.8. The summed E-state index contributed by atoms with van der Waals surface area (Å²) in [5, 5.41) is 31.0. The lowest BCUT2D eigenvalue weighted by Gasteiger charge is -2.40. The molecule has 0 aromatic carbocycles. The van der Waals surface area contributed by atoms with Crippen LogP contribution in [0.2, 0.25) is 0 Å². The van der Waals surface area contributed by atoms with Gasteiger partial charge in [0.2, 0.25) is 0 Å². The van der Waals surface area contributed by atoms with Gasteiger partial charge in [-0.1, -0.05) is 239 Å². The van der Waals surface area contributed by atoms with Crippen LogP contribution in [-0.2, 0) is 38.7 Å². The zero-order valence-corrected chi connectivity index (χ0v) is 42.4. The van der Waals surface area contributed by atoms with Gasteiger partial charge in [-0.2, -0.15) is 8.42 Å². The van der Waals surface area contributed by atoms with E-state index >= 15 is 0 Å². The van der Waals surface area contributed by atoms with Crippen LogP contribution in [0.1, 0.15) is 264 Å². The molecule has 0 aliphatic carbocycles. The van der Waals surface area contributed by atoms with Crippen LogP contribution in [0.3, 0.4) is 0 Å². The average Bonchev–Trinajstić information content (AvgIpc) is 3.27. The molecular weight excluding hydrogens is 849 g/mol. The van der Waals surface area contributed by atoms with Gasteiger partial charge >= 0.3 is 11.9 Å². The van der Waals surface area contributed by atoms with Gasteiger partial charge in [0.15, 0.2) is 12.4 Å². The quantitative estimate of drug-likeness (QED) is 0.0257. The van der Waals surface area contributed by atoms with Crippen molar-refractivity contribution in [1.29, 1.82) is 0 Å². The van der Waals surface area contributed by atoms with Gasteiger partial charge in [-0.25, -0.2) is 0 Å². The van der Waals surface area contributed by atoms with Crippen molar-refractivity contribution in [2.45, 2.75) is 301 Å². The van der Waals surface area contributed by atoms with Crippen LogP contribution < -0.4 is 0 Å². The summed E-state index contributed by atoms with van der Waals surface area (Å²) in [6.45, 7) is 3.82. The molecule has 0 radical (unpaired) electrons. The van der Waals surface area contributed by atoms with Crippen molar-refractivity contribution >= 4 is 22.1 Å². The van der Waals surface area contributed by atoms with Crippen LogP contribution in [0.15, 0.2) is 0 Å². The molecule has 386 valence electrons. The molecule has 12 nitrogen and oxygen atoms in total. The summed E-state index contributed by atoms with van der Waals surface area (Å²) < 4.78 is 54.3. The van der Waals surface area contributed by atoms with Gasteiger partial charge in [-0.3, -0.25) is 14.1 Å². The number of hydrogen-bond acceptors (Lipinski definition) is 11. The molecule has 1 rings (SSSR count). The maximum atomic E-state index is 12.9. The molecule has 13 heteroatoms. The Hall–Kier alpha value is -1.35. The Morgan fingerprint density at radius 1 is 0.462 bits per heavy atom. The molecule has 1 heterocycles. The summed E-state index contributed by atoms with van der Waals surface area (Å²) in [6.07, 6.45) is 37.2. The highest BCUT2D eigenvalue weighted by molar-refractivity contribution is 7.85. The smallest absolute Gasteiger partial charge is 0.306 e. The van der Waals surface area contributed by atoms with E-state index in [0.29, 0.717) is 12.8 Å². The fourth-order valence-electron chi connectivity index (χ4n) is 8.74. The average molecular weight is 949 g/mol. The summed E-state index contributed by atoms with van der Waals surface area (Å²) in [6, 6.07) is 0. The molecule has 2 unspecified atom stereocenters. The van der Waals surface area contributed by atoms with Crippen LogP contribution in [0, 0.1) is 0 Å². The highest BCUT2D eigenvalue weighted by Crippen LogP contribution is 2.24. The fraction of sp³-hybridized carbons (Fsp3) is 0.962. The third-order valence-electron chi connectivity index (χ3n) is 12.9. The topological polar surface area (TPSA) is 186 Å². The molecule has 4 N–H and O–H groups in total. The van der Waals surface area contributed by atoms with E-state index in [4.69, 9.17) is 18.9 Å². The fourth-order valence-corrected chi connectivity index (χ4v) is 9.43. The number of esters is 2. The van der Waals surface area contributed by atoms with E-state index in [1.54, 1.807) is 0 Å². The summed E-state index contributed by atoms with van der Waals surface area (Å²) in [5.74, 6) is -1.96. The maximum Gasteiger partial charge on any atom is 0.306 e. The van der Waals surface area contributed by atoms with E-state index in [-0.39, 0.29) is 19.4 Å². The molecule has 65 heavy (non-hydrogen) atoms. The molecule has 1 fully saturated rings. The second kappa shape index (κ2) is 42.7. The van der Waals surface area contributed by atoms with Crippen molar-refractivity contribution in [2.75, 3.05) is 19.0 Å². The first-order valence-electron chi connectivity index (χ1n) is 27.1. The SMILES string of the molecule is CCCCCCCCCCCCCCCCCCCCCCCCCC(=O)O[C@H](COC(=O)CCCCCCCCCCCCCCCC)CO[C@H]1O[C@H](CS(=O)(=O)O)[C@@H](O)C(O)C1O. The van der Waals surface area contributed by atoms with Gasteiger partial charge in [0.25, 0.3) is 10.1 Å². The number of carbonyl (C=O) groups excluding carboxylic acids is 2. The number of hydrogen-bond donors (Lipinski definition) is 4. The summed E-state index contributed by atoms with van der Waals surface area (Å²) in [5.41, 5.74) is 0. The molecule has 0 aromatic rings. The number of aliphatic hydroxyl groups excluding tert-OH is 3. The molecule has 1 aliphatic rings. The van der Waals surface area contributed by atoms with Crippen molar-refractivity contribution in [1.82, 2.24) is 0 Å².